The summed E-state index contributed by atoms with van der Waals surface area (Å²) in [6, 6.07) is 3.86. The molecule has 0 unspecified atom stereocenters. The molecule has 23 heavy (non-hydrogen) atoms. The molecule has 1 saturated heterocycles. The Morgan fingerprint density at radius 2 is 2.13 bits per heavy atom. The second-order valence-electron chi connectivity index (χ2n) is 5.66. The Labute approximate surface area is 159 Å². The van der Waals surface area contributed by atoms with Gasteiger partial charge in [-0.05, 0) is 46.5 Å². The van der Waals surface area contributed by atoms with E-state index < -0.39 is 10.0 Å². The predicted octanol–water partition coefficient (Wildman–Crippen LogP) is 2.92. The number of sulfonamides is 1. The lowest BCUT2D eigenvalue weighted by molar-refractivity contribution is 0.325. The molecule has 0 bridgehead atoms. The molecule has 0 radical (unpaired) electrons. The number of rotatable bonds is 7. The van der Waals surface area contributed by atoms with Gasteiger partial charge in [0.25, 0.3) is 0 Å². The number of hydrogen-bond acceptors (Lipinski definition) is 4. The molecule has 5 nitrogen and oxygen atoms in total. The maximum absolute atomic E-state index is 11.9. The molecule has 130 valence electrons. The lowest BCUT2D eigenvalue weighted by atomic mass is 10.2. The van der Waals surface area contributed by atoms with Crippen LogP contribution < -0.4 is 10.5 Å². The third-order valence-electron chi connectivity index (χ3n) is 3.74. The number of anilines is 1. The molecule has 0 saturated carbocycles. The molecule has 1 aliphatic heterocycles. The fourth-order valence-corrected chi connectivity index (χ4v) is 5.59. The van der Waals surface area contributed by atoms with Crippen molar-refractivity contribution in [2.45, 2.75) is 25.4 Å². The van der Waals surface area contributed by atoms with Gasteiger partial charge in [-0.25, -0.2) is 13.1 Å². The summed E-state index contributed by atoms with van der Waals surface area (Å²) in [6.45, 7) is 2.22. The minimum atomic E-state index is -3.25. The largest absolute Gasteiger partial charge is 0.398 e. The molecule has 0 spiro atoms. The Hall–Kier alpha value is 0.140. The molecule has 2 rings (SSSR count). The maximum atomic E-state index is 11.9. The van der Waals surface area contributed by atoms with E-state index in [0.717, 1.165) is 33.2 Å². The molecule has 1 atom stereocenters. The fourth-order valence-electron chi connectivity index (χ4n) is 2.64. The van der Waals surface area contributed by atoms with Crippen LogP contribution in [0.25, 0.3) is 0 Å². The van der Waals surface area contributed by atoms with E-state index in [1.807, 2.05) is 12.1 Å². The van der Waals surface area contributed by atoms with Crippen LogP contribution in [0.4, 0.5) is 5.69 Å². The number of nitrogens with two attached hydrogens (primary N) is 1. The van der Waals surface area contributed by atoms with E-state index in [-0.39, 0.29) is 11.8 Å². The number of nitrogens with one attached hydrogen (secondary N) is 1. The minimum absolute atomic E-state index is 0.0489. The SMILES string of the molecule is Nc1c(Br)cc(Br)cc1CN1CC[C@@H](NS(=O)(=O)CCCCl)C1. The van der Waals surface area contributed by atoms with Gasteiger partial charge in [0.1, 0.15) is 0 Å². The number of nitrogen functional groups attached to an aromatic ring is 1. The number of halogens is 3. The molecule has 0 aliphatic carbocycles. The number of nitrogens with zero attached hydrogens (tertiary/aromatic N) is 1. The van der Waals surface area contributed by atoms with Gasteiger partial charge in [-0.15, -0.1) is 11.6 Å². The van der Waals surface area contributed by atoms with Crippen LogP contribution in [0.2, 0.25) is 0 Å². The van der Waals surface area contributed by atoms with Crippen LogP contribution in [0, 0.1) is 0 Å². The van der Waals surface area contributed by atoms with Gasteiger partial charge in [0.2, 0.25) is 10.0 Å². The predicted molar refractivity (Wildman–Crippen MR) is 102 cm³/mol. The lowest BCUT2D eigenvalue weighted by Crippen LogP contribution is -2.38. The van der Waals surface area contributed by atoms with E-state index in [2.05, 4.69) is 41.5 Å². The van der Waals surface area contributed by atoms with E-state index in [1.54, 1.807) is 0 Å². The standard InChI is InChI=1S/C14H20Br2ClN3O2S/c15-11-6-10(14(18)13(16)7-11)8-20-4-2-12(9-20)19-23(21,22)5-1-3-17/h6-7,12,19H,1-5,8-9,18H2/t12-/m1/s1. The summed E-state index contributed by atoms with van der Waals surface area (Å²) in [5.41, 5.74) is 7.85. The van der Waals surface area contributed by atoms with Gasteiger partial charge in [0, 0.05) is 40.5 Å². The van der Waals surface area contributed by atoms with E-state index in [4.69, 9.17) is 17.3 Å². The van der Waals surface area contributed by atoms with E-state index in [1.165, 1.54) is 0 Å². The lowest BCUT2D eigenvalue weighted by Gasteiger charge is -2.18. The van der Waals surface area contributed by atoms with Crippen molar-refractivity contribution < 1.29 is 8.42 Å². The minimum Gasteiger partial charge on any atom is -0.398 e. The monoisotopic (exact) mass is 487 g/mol. The smallest absolute Gasteiger partial charge is 0.211 e. The summed E-state index contributed by atoms with van der Waals surface area (Å²) in [7, 11) is -3.25. The van der Waals surface area contributed by atoms with Crippen molar-refractivity contribution in [1.82, 2.24) is 9.62 Å². The second-order valence-corrected chi connectivity index (χ2v) is 9.68. The van der Waals surface area contributed by atoms with Gasteiger partial charge in [-0.3, -0.25) is 4.90 Å². The van der Waals surface area contributed by atoms with Crippen molar-refractivity contribution in [3.05, 3.63) is 26.6 Å². The summed E-state index contributed by atoms with van der Waals surface area (Å²) in [5, 5.41) is 0. The first-order chi connectivity index (χ1) is 10.8. The van der Waals surface area contributed by atoms with Crippen LogP contribution in [0.15, 0.2) is 21.1 Å². The molecule has 0 aromatic heterocycles. The first kappa shape index (κ1) is 19.5. The molecule has 9 heteroatoms. The maximum Gasteiger partial charge on any atom is 0.211 e. The van der Waals surface area contributed by atoms with E-state index >= 15 is 0 Å². The van der Waals surface area contributed by atoms with Gasteiger partial charge in [-0.1, -0.05) is 15.9 Å². The normalized spacial score (nSPS) is 19.3. The third kappa shape index (κ3) is 5.86. The van der Waals surface area contributed by atoms with Crippen LogP contribution >= 0.6 is 43.5 Å². The van der Waals surface area contributed by atoms with Crippen molar-refractivity contribution in [1.29, 1.82) is 0 Å². The quantitative estimate of drug-likeness (QED) is 0.456. The van der Waals surface area contributed by atoms with Gasteiger partial charge in [0.05, 0.1) is 11.4 Å². The Kier molecular flexibility index (Phi) is 7.18. The highest BCUT2D eigenvalue weighted by Gasteiger charge is 2.26. The van der Waals surface area contributed by atoms with E-state index in [9.17, 15) is 8.42 Å². The zero-order valence-corrected chi connectivity index (χ0v) is 17.3. The van der Waals surface area contributed by atoms with Crippen LogP contribution in [-0.2, 0) is 16.6 Å². The van der Waals surface area contributed by atoms with Crippen molar-refractivity contribution in [3.63, 3.8) is 0 Å². The fraction of sp³-hybridized carbons (Fsp3) is 0.571. The highest BCUT2D eigenvalue weighted by molar-refractivity contribution is 9.11. The third-order valence-corrected chi connectivity index (χ3v) is 6.64. The Bertz CT molecular complexity index is 658. The van der Waals surface area contributed by atoms with Crippen LogP contribution in [0.5, 0.6) is 0 Å². The molecule has 1 heterocycles. The summed E-state index contributed by atoms with van der Waals surface area (Å²) >= 11 is 12.5. The Balaban J connectivity index is 1.93. The van der Waals surface area contributed by atoms with Gasteiger partial charge >= 0.3 is 0 Å². The second kappa shape index (κ2) is 8.49. The van der Waals surface area contributed by atoms with Crippen LogP contribution in [0.3, 0.4) is 0 Å². The molecule has 1 aromatic rings. The van der Waals surface area contributed by atoms with E-state index in [0.29, 0.717) is 25.4 Å². The van der Waals surface area contributed by atoms with Crippen molar-refractivity contribution in [3.8, 4) is 0 Å². The van der Waals surface area contributed by atoms with Crippen molar-refractivity contribution >= 4 is 59.2 Å². The number of benzene rings is 1. The molecule has 1 aromatic carbocycles. The van der Waals surface area contributed by atoms with Gasteiger partial charge in [0.15, 0.2) is 0 Å². The molecular formula is C14H20Br2ClN3O2S. The molecular weight excluding hydrogens is 470 g/mol. The van der Waals surface area contributed by atoms with Crippen LogP contribution in [-0.4, -0.2) is 44.1 Å². The highest BCUT2D eigenvalue weighted by Crippen LogP contribution is 2.29. The number of likely N-dealkylation sites (tertiary alicyclic amines) is 1. The molecule has 1 fully saturated rings. The number of alkyl halides is 1. The average molecular weight is 490 g/mol. The molecule has 3 N–H and O–H groups in total. The Morgan fingerprint density at radius 3 is 2.83 bits per heavy atom. The highest BCUT2D eigenvalue weighted by atomic mass is 79.9. The van der Waals surface area contributed by atoms with Crippen molar-refractivity contribution in [2.24, 2.45) is 0 Å². The first-order valence-corrected chi connectivity index (χ1v) is 11.1. The zero-order chi connectivity index (χ0) is 17.0. The molecule has 1 aliphatic rings. The topological polar surface area (TPSA) is 75.4 Å². The van der Waals surface area contributed by atoms with Crippen LogP contribution in [0.1, 0.15) is 18.4 Å². The summed E-state index contributed by atoms with van der Waals surface area (Å²) < 4.78 is 28.5. The summed E-state index contributed by atoms with van der Waals surface area (Å²) in [5.74, 6) is 0.438. The summed E-state index contributed by atoms with van der Waals surface area (Å²) in [6.07, 6.45) is 1.27. The van der Waals surface area contributed by atoms with Crippen molar-refractivity contribution in [2.75, 3.05) is 30.5 Å². The zero-order valence-electron chi connectivity index (χ0n) is 12.6. The molecule has 0 amide bonds. The van der Waals surface area contributed by atoms with Gasteiger partial charge in [-0.2, -0.15) is 0 Å². The first-order valence-electron chi connectivity index (χ1n) is 7.32. The average Bonchev–Trinajstić information content (AvgIpc) is 2.88. The summed E-state index contributed by atoms with van der Waals surface area (Å²) in [4.78, 5) is 2.21. The Morgan fingerprint density at radius 1 is 1.39 bits per heavy atom. The van der Waals surface area contributed by atoms with Gasteiger partial charge < -0.3 is 5.73 Å². The number of hydrogen-bond donors (Lipinski definition) is 2.